The van der Waals surface area contributed by atoms with Crippen LogP contribution in [-0.2, 0) is 11.4 Å². The Morgan fingerprint density at radius 1 is 1.11 bits per heavy atom. The molecule has 0 saturated carbocycles. The van der Waals surface area contributed by atoms with Gasteiger partial charge in [0.05, 0.1) is 6.21 Å². The molecule has 0 atom stereocenters. The number of rotatable bonds is 5. The van der Waals surface area contributed by atoms with Crippen molar-refractivity contribution in [3.05, 3.63) is 77.6 Å². The first-order chi connectivity index (χ1) is 9.29. The van der Waals surface area contributed by atoms with Gasteiger partial charge in [-0.15, -0.1) is 0 Å². The zero-order chi connectivity index (χ0) is 13.5. The van der Waals surface area contributed by atoms with Gasteiger partial charge in [-0.05, 0) is 17.2 Å². The first kappa shape index (κ1) is 13.0. The van der Waals surface area contributed by atoms with Gasteiger partial charge in [-0.1, -0.05) is 60.3 Å². The Bertz CT molecular complexity index is 576. The van der Waals surface area contributed by atoms with Crippen molar-refractivity contribution < 1.29 is 9.23 Å². The van der Waals surface area contributed by atoms with Gasteiger partial charge in [0, 0.05) is 5.56 Å². The molecule has 0 unspecified atom stereocenters. The molecule has 2 rings (SSSR count). The van der Waals surface area contributed by atoms with E-state index >= 15 is 0 Å². The lowest BCUT2D eigenvalue weighted by Gasteiger charge is -2.00. The fourth-order valence-electron chi connectivity index (χ4n) is 1.54. The molecule has 0 aromatic heterocycles. The van der Waals surface area contributed by atoms with Gasteiger partial charge in [-0.3, -0.25) is 0 Å². The van der Waals surface area contributed by atoms with Gasteiger partial charge in [-0.25, -0.2) is 4.39 Å². The second-order valence-electron chi connectivity index (χ2n) is 3.98. The van der Waals surface area contributed by atoms with E-state index in [9.17, 15) is 4.39 Å². The van der Waals surface area contributed by atoms with E-state index in [0.29, 0.717) is 12.2 Å². The molecule has 0 amide bonds. The third-order valence-corrected chi connectivity index (χ3v) is 2.62. The molecule has 0 spiro atoms. The average Bonchev–Trinajstić information content (AvgIpc) is 2.46. The van der Waals surface area contributed by atoms with E-state index in [1.54, 1.807) is 24.3 Å². The summed E-state index contributed by atoms with van der Waals surface area (Å²) in [5, 5.41) is 3.76. The van der Waals surface area contributed by atoms with Crippen molar-refractivity contribution in [2.24, 2.45) is 5.16 Å². The second kappa shape index (κ2) is 6.50. The van der Waals surface area contributed by atoms with Crippen LogP contribution in [0, 0.1) is 5.82 Å². The number of oxime groups is 1. The molecule has 0 aliphatic carbocycles. The summed E-state index contributed by atoms with van der Waals surface area (Å²) in [6.45, 7) is 4.04. The molecule has 0 aliphatic rings. The van der Waals surface area contributed by atoms with Crippen LogP contribution in [0.15, 0.2) is 60.3 Å². The molecule has 3 heteroatoms. The van der Waals surface area contributed by atoms with E-state index in [2.05, 4.69) is 11.7 Å². The van der Waals surface area contributed by atoms with Crippen molar-refractivity contribution in [2.75, 3.05) is 0 Å². The SMILES string of the molecule is C=Cc1ccc(CON=Cc2ccccc2F)cc1. The van der Waals surface area contributed by atoms with Crippen LogP contribution in [0.5, 0.6) is 0 Å². The highest BCUT2D eigenvalue weighted by Crippen LogP contribution is 2.07. The molecule has 0 heterocycles. The average molecular weight is 255 g/mol. The molecular weight excluding hydrogens is 241 g/mol. The molecule has 96 valence electrons. The van der Waals surface area contributed by atoms with E-state index in [-0.39, 0.29) is 5.82 Å². The van der Waals surface area contributed by atoms with Gasteiger partial charge in [0.15, 0.2) is 0 Å². The number of hydrogen-bond acceptors (Lipinski definition) is 2. The Balaban J connectivity index is 1.89. The van der Waals surface area contributed by atoms with Crippen molar-refractivity contribution in [3.63, 3.8) is 0 Å². The summed E-state index contributed by atoms with van der Waals surface area (Å²) >= 11 is 0. The standard InChI is InChI=1S/C16H14FNO/c1-2-13-7-9-14(10-8-13)12-19-18-11-15-5-3-4-6-16(15)17/h2-11H,1,12H2. The monoisotopic (exact) mass is 255 g/mol. The van der Waals surface area contributed by atoms with E-state index in [0.717, 1.165) is 11.1 Å². The van der Waals surface area contributed by atoms with E-state index in [1.165, 1.54) is 12.3 Å². The molecule has 19 heavy (non-hydrogen) atoms. The van der Waals surface area contributed by atoms with Crippen LogP contribution in [0.4, 0.5) is 4.39 Å². The third kappa shape index (κ3) is 3.78. The van der Waals surface area contributed by atoms with Crippen molar-refractivity contribution in [2.45, 2.75) is 6.61 Å². The van der Waals surface area contributed by atoms with Crippen molar-refractivity contribution >= 4 is 12.3 Å². The highest BCUT2D eigenvalue weighted by Gasteiger charge is 1.96. The quantitative estimate of drug-likeness (QED) is 0.584. The van der Waals surface area contributed by atoms with Crippen molar-refractivity contribution in [1.82, 2.24) is 0 Å². The molecule has 0 saturated heterocycles. The third-order valence-electron chi connectivity index (χ3n) is 2.62. The Kier molecular flexibility index (Phi) is 4.45. The summed E-state index contributed by atoms with van der Waals surface area (Å²) in [6, 6.07) is 14.2. The Labute approximate surface area is 111 Å². The maximum absolute atomic E-state index is 13.3. The summed E-state index contributed by atoms with van der Waals surface area (Å²) in [5.41, 5.74) is 2.46. The zero-order valence-electron chi connectivity index (χ0n) is 10.4. The summed E-state index contributed by atoms with van der Waals surface area (Å²) in [6.07, 6.45) is 3.15. The van der Waals surface area contributed by atoms with E-state index in [1.807, 2.05) is 24.3 Å². The van der Waals surface area contributed by atoms with Crippen LogP contribution >= 0.6 is 0 Å². The minimum absolute atomic E-state index is 0.315. The number of hydrogen-bond donors (Lipinski definition) is 0. The number of nitrogens with zero attached hydrogens (tertiary/aromatic N) is 1. The van der Waals surface area contributed by atoms with Crippen LogP contribution in [0.2, 0.25) is 0 Å². The van der Waals surface area contributed by atoms with Crippen LogP contribution in [-0.4, -0.2) is 6.21 Å². The molecule has 0 bridgehead atoms. The predicted molar refractivity (Wildman–Crippen MR) is 75.3 cm³/mol. The second-order valence-corrected chi connectivity index (χ2v) is 3.98. The Hall–Kier alpha value is -2.42. The van der Waals surface area contributed by atoms with Crippen LogP contribution in [0.3, 0.4) is 0 Å². The lowest BCUT2D eigenvalue weighted by atomic mass is 10.1. The molecule has 0 N–H and O–H groups in total. The maximum atomic E-state index is 13.3. The van der Waals surface area contributed by atoms with Gasteiger partial charge in [0.25, 0.3) is 0 Å². The van der Waals surface area contributed by atoms with Crippen molar-refractivity contribution in [1.29, 1.82) is 0 Å². The zero-order valence-corrected chi connectivity index (χ0v) is 10.4. The summed E-state index contributed by atoms with van der Waals surface area (Å²) in [4.78, 5) is 5.13. The number of benzene rings is 2. The summed E-state index contributed by atoms with van der Waals surface area (Å²) in [7, 11) is 0. The Morgan fingerprint density at radius 3 is 2.53 bits per heavy atom. The number of halogens is 1. The minimum atomic E-state index is -0.315. The van der Waals surface area contributed by atoms with Gasteiger partial charge in [-0.2, -0.15) is 0 Å². The highest BCUT2D eigenvalue weighted by atomic mass is 19.1. The van der Waals surface area contributed by atoms with Crippen LogP contribution < -0.4 is 0 Å². The largest absolute Gasteiger partial charge is 0.391 e. The van der Waals surface area contributed by atoms with Crippen molar-refractivity contribution in [3.8, 4) is 0 Å². The molecule has 2 aromatic carbocycles. The molecule has 2 nitrogen and oxygen atoms in total. The molecule has 2 aromatic rings. The van der Waals surface area contributed by atoms with E-state index < -0.39 is 0 Å². The molecular formula is C16H14FNO. The van der Waals surface area contributed by atoms with E-state index in [4.69, 9.17) is 4.84 Å². The molecule has 0 aliphatic heterocycles. The van der Waals surface area contributed by atoms with Gasteiger partial charge >= 0.3 is 0 Å². The maximum Gasteiger partial charge on any atom is 0.142 e. The predicted octanol–water partition coefficient (Wildman–Crippen LogP) is 4.02. The van der Waals surface area contributed by atoms with Gasteiger partial charge in [0.2, 0.25) is 0 Å². The summed E-state index contributed by atoms with van der Waals surface area (Å²) in [5.74, 6) is -0.315. The normalized spacial score (nSPS) is 10.6. The van der Waals surface area contributed by atoms with Gasteiger partial charge in [0.1, 0.15) is 12.4 Å². The lowest BCUT2D eigenvalue weighted by Crippen LogP contribution is -1.90. The molecule has 0 fully saturated rings. The van der Waals surface area contributed by atoms with Gasteiger partial charge < -0.3 is 4.84 Å². The molecule has 0 radical (unpaired) electrons. The first-order valence-electron chi connectivity index (χ1n) is 5.91. The lowest BCUT2D eigenvalue weighted by molar-refractivity contribution is 0.132. The topological polar surface area (TPSA) is 21.6 Å². The highest BCUT2D eigenvalue weighted by molar-refractivity contribution is 5.79. The minimum Gasteiger partial charge on any atom is -0.391 e. The van der Waals surface area contributed by atoms with Crippen LogP contribution in [0.1, 0.15) is 16.7 Å². The first-order valence-corrected chi connectivity index (χ1v) is 5.91. The smallest absolute Gasteiger partial charge is 0.142 e. The summed E-state index contributed by atoms with van der Waals surface area (Å²) < 4.78 is 13.3. The Morgan fingerprint density at radius 2 is 1.84 bits per heavy atom. The fraction of sp³-hybridized carbons (Fsp3) is 0.0625. The fourth-order valence-corrected chi connectivity index (χ4v) is 1.54. The van der Waals surface area contributed by atoms with Crippen LogP contribution in [0.25, 0.3) is 6.08 Å².